The first-order valence-corrected chi connectivity index (χ1v) is 16.2. The Labute approximate surface area is 295 Å². The molecule has 2 aliphatic heterocycles. The lowest BCUT2D eigenvalue weighted by Gasteiger charge is -2.37. The zero-order valence-corrected chi connectivity index (χ0v) is 28.4. The van der Waals surface area contributed by atoms with Crippen molar-refractivity contribution in [2.75, 3.05) is 20.8 Å². The van der Waals surface area contributed by atoms with Crippen molar-refractivity contribution in [1.29, 1.82) is 0 Å². The minimum Gasteiger partial charge on any atom is -0.497 e. The summed E-state index contributed by atoms with van der Waals surface area (Å²) in [4.78, 5) is 26.0. The van der Waals surface area contributed by atoms with Crippen molar-refractivity contribution < 1.29 is 23.7 Å². The van der Waals surface area contributed by atoms with E-state index in [9.17, 15) is 4.79 Å². The first-order chi connectivity index (χ1) is 23.7. The number of halogens is 3. The number of hydrogen-bond acceptors (Lipinski definition) is 10. The first-order valence-electron chi connectivity index (χ1n) is 15.1. The minimum atomic E-state index is -1.94. The molecule has 4 atom stereocenters. The topological polar surface area (TPSA) is 124 Å². The summed E-state index contributed by atoms with van der Waals surface area (Å²) in [6.07, 6.45) is 1.83. The van der Waals surface area contributed by atoms with Gasteiger partial charge in [0.25, 0.3) is 3.79 Å². The molecule has 4 heterocycles. The summed E-state index contributed by atoms with van der Waals surface area (Å²) < 4.78 is 31.4. The quantitative estimate of drug-likeness (QED) is 0.140. The molecule has 0 unspecified atom stereocenters. The maximum atomic E-state index is 13.4. The van der Waals surface area contributed by atoms with Gasteiger partial charge in [0.1, 0.15) is 41.9 Å². The van der Waals surface area contributed by atoms with E-state index in [0.717, 1.165) is 16.7 Å². The van der Waals surface area contributed by atoms with Crippen molar-refractivity contribution in [2.24, 2.45) is 4.99 Å². The van der Waals surface area contributed by atoms with E-state index < -0.39 is 39.6 Å². The van der Waals surface area contributed by atoms with Crippen LogP contribution in [0.4, 0.5) is 0 Å². The number of hydrogen-bond donors (Lipinski definition) is 0. The fourth-order valence-corrected chi connectivity index (χ4v) is 6.41. The highest BCUT2D eigenvalue weighted by atomic mass is 35.6. The second-order valence-corrected chi connectivity index (χ2v) is 13.5. The average molecular weight is 724 g/mol. The summed E-state index contributed by atoms with van der Waals surface area (Å²) in [6.45, 7) is -0.0213. The summed E-state index contributed by atoms with van der Waals surface area (Å²) >= 11 is 18.7. The van der Waals surface area contributed by atoms with Gasteiger partial charge in [-0.15, -0.1) is 0 Å². The number of methoxy groups -OCH3 is 2. The normalized spacial score (nSPS) is 20.4. The maximum Gasteiger partial charge on any atom is 0.351 e. The third-order valence-corrected chi connectivity index (χ3v) is 8.93. The van der Waals surface area contributed by atoms with Gasteiger partial charge in [0.05, 0.1) is 20.8 Å². The Balaban J connectivity index is 1.28. The first kappa shape index (κ1) is 33.1. The number of nitrogens with zero attached hydrogens (tertiary/aromatic N) is 6. The number of ether oxygens (including phenoxy) is 5. The Morgan fingerprint density at radius 2 is 1.49 bits per heavy atom. The molecule has 5 aromatic rings. The molecular formula is C34H29Cl3N6O6. The Morgan fingerprint density at radius 3 is 2.04 bits per heavy atom. The molecule has 1 saturated heterocycles. The number of aliphatic imine (C=N–C) groups is 1. The molecule has 2 aromatic heterocycles. The Kier molecular flexibility index (Phi) is 9.07. The van der Waals surface area contributed by atoms with Crippen LogP contribution < -0.4 is 15.2 Å². The van der Waals surface area contributed by atoms with Gasteiger partial charge in [-0.05, 0) is 47.0 Å². The van der Waals surface area contributed by atoms with E-state index in [0.29, 0.717) is 11.5 Å². The molecule has 15 heteroatoms. The van der Waals surface area contributed by atoms with Gasteiger partial charge in [-0.25, -0.2) is 19.5 Å². The lowest BCUT2D eigenvalue weighted by molar-refractivity contribution is -0.0939. The van der Waals surface area contributed by atoms with Crippen LogP contribution in [-0.2, 0) is 19.8 Å². The molecule has 3 aromatic carbocycles. The second-order valence-electron chi connectivity index (χ2n) is 11.2. The highest BCUT2D eigenvalue weighted by Gasteiger charge is 2.55. The molecule has 0 saturated carbocycles. The number of aromatic nitrogens is 5. The Morgan fingerprint density at radius 1 is 0.857 bits per heavy atom. The van der Waals surface area contributed by atoms with Gasteiger partial charge in [0.2, 0.25) is 5.90 Å². The molecule has 252 valence electrons. The average Bonchev–Trinajstić information content (AvgIpc) is 3.89. The van der Waals surface area contributed by atoms with Crippen molar-refractivity contribution in [1.82, 2.24) is 24.3 Å². The van der Waals surface area contributed by atoms with Crippen molar-refractivity contribution in [3.05, 3.63) is 131 Å². The summed E-state index contributed by atoms with van der Waals surface area (Å²) in [5.74, 6) is 1.56. The van der Waals surface area contributed by atoms with Gasteiger partial charge >= 0.3 is 5.69 Å². The van der Waals surface area contributed by atoms with Crippen LogP contribution >= 0.6 is 34.8 Å². The smallest absolute Gasteiger partial charge is 0.351 e. The standard InChI is InChI=1S/C34H29Cl3N6O6/c1-45-24-12-8-22(9-13-24)33(21-6-4-3-5-7-21,23-10-14-25(46-2)15-11-23)47-18-26-29-28(41-31(49-29)34(35,36)37)30(48-26)42-17-16-27(40-32(42)44)43-20-38-19-39-43/h3-17,19-20,26,28-30H,18H2,1-2H3/t26-,28-,29-,30-/m1/s1. The van der Waals surface area contributed by atoms with Crippen molar-refractivity contribution in [3.8, 4) is 17.3 Å². The summed E-state index contributed by atoms with van der Waals surface area (Å²) in [5.41, 5.74) is 0.750. The zero-order valence-electron chi connectivity index (χ0n) is 26.1. The third kappa shape index (κ3) is 6.26. The zero-order chi connectivity index (χ0) is 34.2. The fraction of sp³-hybridized carbons (Fsp3) is 0.265. The second kappa shape index (κ2) is 13.4. The minimum absolute atomic E-state index is 0.0213. The molecular weight excluding hydrogens is 695 g/mol. The molecule has 2 aliphatic rings. The highest BCUT2D eigenvalue weighted by Crippen LogP contribution is 2.45. The van der Waals surface area contributed by atoms with Crippen LogP contribution in [0.5, 0.6) is 11.5 Å². The van der Waals surface area contributed by atoms with Crippen molar-refractivity contribution >= 4 is 40.7 Å². The van der Waals surface area contributed by atoms with E-state index in [1.165, 1.54) is 21.9 Å². The molecule has 49 heavy (non-hydrogen) atoms. The Bertz CT molecular complexity index is 1940. The number of rotatable bonds is 10. The van der Waals surface area contributed by atoms with E-state index in [2.05, 4.69) is 20.1 Å². The molecule has 0 spiro atoms. The molecule has 0 aliphatic carbocycles. The van der Waals surface area contributed by atoms with Gasteiger partial charge in [-0.2, -0.15) is 10.1 Å². The summed E-state index contributed by atoms with van der Waals surface area (Å²) in [6, 6.07) is 26.0. The fourth-order valence-electron chi connectivity index (χ4n) is 6.13. The number of fused-ring (bicyclic) bond motifs is 1. The molecule has 0 N–H and O–H groups in total. The predicted octanol–water partition coefficient (Wildman–Crippen LogP) is 5.28. The Hall–Kier alpha value is -4.46. The number of benzene rings is 3. The van der Waals surface area contributed by atoms with E-state index in [1.807, 2.05) is 78.9 Å². The van der Waals surface area contributed by atoms with Crippen LogP contribution in [0.25, 0.3) is 5.82 Å². The van der Waals surface area contributed by atoms with Gasteiger partial charge < -0.3 is 23.7 Å². The van der Waals surface area contributed by atoms with E-state index in [-0.39, 0.29) is 18.3 Å². The lowest BCUT2D eigenvalue weighted by atomic mass is 9.80. The van der Waals surface area contributed by atoms with Crippen molar-refractivity contribution in [2.45, 2.75) is 33.9 Å². The van der Waals surface area contributed by atoms with Gasteiger partial charge in [-0.1, -0.05) is 89.4 Å². The molecule has 1 fully saturated rings. The third-order valence-electron chi connectivity index (χ3n) is 8.45. The van der Waals surface area contributed by atoms with Gasteiger partial charge in [0, 0.05) is 6.20 Å². The summed E-state index contributed by atoms with van der Waals surface area (Å²) in [7, 11) is 3.23. The SMILES string of the molecule is COc1ccc(C(OC[C@H]2O[C@@H](n3ccc(-n4cncn4)nc3=O)[C@@H]3N=C(C(Cl)(Cl)Cl)O[C@@H]32)(c2ccccc2)c2ccc(OC)cc2)cc1. The number of alkyl halides is 3. The van der Waals surface area contributed by atoms with Crippen LogP contribution in [-0.4, -0.2) is 73.1 Å². The molecule has 0 amide bonds. The van der Waals surface area contributed by atoms with Crippen LogP contribution in [0.15, 0.2) is 114 Å². The van der Waals surface area contributed by atoms with E-state index >= 15 is 0 Å². The predicted molar refractivity (Wildman–Crippen MR) is 182 cm³/mol. The highest BCUT2D eigenvalue weighted by molar-refractivity contribution is 6.76. The molecule has 12 nitrogen and oxygen atoms in total. The van der Waals surface area contributed by atoms with E-state index in [1.54, 1.807) is 26.5 Å². The van der Waals surface area contributed by atoms with Gasteiger partial charge in [0.15, 0.2) is 18.1 Å². The molecule has 7 rings (SSSR count). The largest absolute Gasteiger partial charge is 0.497 e. The van der Waals surface area contributed by atoms with Gasteiger partial charge in [-0.3, -0.25) is 4.57 Å². The monoisotopic (exact) mass is 722 g/mol. The lowest BCUT2D eigenvalue weighted by Crippen LogP contribution is -2.40. The van der Waals surface area contributed by atoms with Crippen LogP contribution in [0.2, 0.25) is 0 Å². The molecule has 0 radical (unpaired) electrons. The van der Waals surface area contributed by atoms with Crippen LogP contribution in [0, 0.1) is 0 Å². The van der Waals surface area contributed by atoms with E-state index in [4.69, 9.17) is 58.5 Å². The summed E-state index contributed by atoms with van der Waals surface area (Å²) in [5, 5.41) is 4.05. The maximum absolute atomic E-state index is 13.4. The molecule has 0 bridgehead atoms. The van der Waals surface area contributed by atoms with Crippen molar-refractivity contribution in [3.63, 3.8) is 0 Å². The van der Waals surface area contributed by atoms with Crippen LogP contribution in [0.3, 0.4) is 0 Å². The van der Waals surface area contributed by atoms with Crippen LogP contribution in [0.1, 0.15) is 22.9 Å².